The minimum atomic E-state index is -0.124. The van der Waals surface area contributed by atoms with Gasteiger partial charge in [0.1, 0.15) is 11.0 Å². The number of rotatable bonds is 2. The van der Waals surface area contributed by atoms with Crippen molar-refractivity contribution in [2.75, 3.05) is 25.4 Å². The summed E-state index contributed by atoms with van der Waals surface area (Å²) in [5.41, 5.74) is 7.39. The summed E-state index contributed by atoms with van der Waals surface area (Å²) in [6, 6.07) is 9.28. The van der Waals surface area contributed by atoms with Crippen LogP contribution in [0.15, 0.2) is 35.7 Å². The minimum Gasteiger partial charge on any atom is -0.397 e. The Morgan fingerprint density at radius 3 is 2.76 bits per heavy atom. The third kappa shape index (κ3) is 3.05. The number of thiophene rings is 1. The first kappa shape index (κ1) is 14.4. The predicted molar refractivity (Wildman–Crippen MR) is 84.8 cm³/mol. The van der Waals surface area contributed by atoms with E-state index in [1.807, 2.05) is 29.6 Å². The van der Waals surface area contributed by atoms with Crippen LogP contribution in [-0.4, -0.2) is 30.5 Å². The topological polar surface area (TPSA) is 55.6 Å². The molecule has 3 rings (SSSR count). The van der Waals surface area contributed by atoms with Crippen molar-refractivity contribution in [1.82, 2.24) is 4.90 Å². The Morgan fingerprint density at radius 1 is 1.33 bits per heavy atom. The number of amides is 1. The zero-order valence-electron chi connectivity index (χ0n) is 11.3. The highest BCUT2D eigenvalue weighted by molar-refractivity contribution is 7.12. The van der Waals surface area contributed by atoms with Crippen LogP contribution in [-0.2, 0) is 4.74 Å². The number of nitrogens with two attached hydrogens (primary N) is 1. The SMILES string of the molecule is Nc1ccsc1C(=O)N1CCOC(c2ccc(Cl)cc2)C1. The molecule has 6 heteroatoms. The number of halogens is 1. The number of nitrogen functional groups attached to an aromatic ring is 1. The molecule has 21 heavy (non-hydrogen) atoms. The fourth-order valence-electron chi connectivity index (χ4n) is 2.35. The molecule has 2 aromatic rings. The lowest BCUT2D eigenvalue weighted by Gasteiger charge is -2.33. The monoisotopic (exact) mass is 322 g/mol. The highest BCUT2D eigenvalue weighted by Gasteiger charge is 2.27. The van der Waals surface area contributed by atoms with Gasteiger partial charge in [-0.25, -0.2) is 0 Å². The summed E-state index contributed by atoms with van der Waals surface area (Å²) >= 11 is 7.27. The number of ether oxygens (including phenoxy) is 1. The summed E-state index contributed by atoms with van der Waals surface area (Å²) in [7, 11) is 0. The Balaban J connectivity index is 1.75. The highest BCUT2D eigenvalue weighted by Crippen LogP contribution is 2.27. The van der Waals surface area contributed by atoms with Gasteiger partial charge in [0.15, 0.2) is 0 Å². The Bertz CT molecular complexity index is 641. The second kappa shape index (κ2) is 6.05. The molecule has 0 bridgehead atoms. The summed E-state index contributed by atoms with van der Waals surface area (Å²) in [6.07, 6.45) is -0.124. The molecule has 1 aromatic carbocycles. The first-order valence-corrected chi connectivity index (χ1v) is 7.90. The number of morpholine rings is 1. The molecule has 1 unspecified atom stereocenters. The molecule has 2 heterocycles. The summed E-state index contributed by atoms with van der Waals surface area (Å²) in [5, 5.41) is 2.52. The lowest BCUT2D eigenvalue weighted by Crippen LogP contribution is -2.42. The summed E-state index contributed by atoms with van der Waals surface area (Å²) in [5.74, 6) is -0.0234. The first-order chi connectivity index (χ1) is 10.1. The van der Waals surface area contributed by atoms with E-state index in [4.69, 9.17) is 22.1 Å². The quantitative estimate of drug-likeness (QED) is 0.923. The van der Waals surface area contributed by atoms with Gasteiger partial charge in [-0.2, -0.15) is 0 Å². The molecule has 1 aliphatic rings. The molecule has 1 aliphatic heterocycles. The van der Waals surface area contributed by atoms with Crippen molar-refractivity contribution in [3.05, 3.63) is 51.2 Å². The minimum absolute atomic E-state index is 0.0234. The fourth-order valence-corrected chi connectivity index (χ4v) is 3.26. The Morgan fingerprint density at radius 2 is 2.10 bits per heavy atom. The van der Waals surface area contributed by atoms with Crippen LogP contribution >= 0.6 is 22.9 Å². The molecule has 1 fully saturated rings. The van der Waals surface area contributed by atoms with Gasteiger partial charge >= 0.3 is 0 Å². The van der Waals surface area contributed by atoms with E-state index in [-0.39, 0.29) is 12.0 Å². The van der Waals surface area contributed by atoms with E-state index in [2.05, 4.69) is 0 Å². The molecule has 0 spiro atoms. The lowest BCUT2D eigenvalue weighted by molar-refractivity contribution is -0.0226. The van der Waals surface area contributed by atoms with Gasteiger partial charge < -0.3 is 15.4 Å². The first-order valence-electron chi connectivity index (χ1n) is 6.64. The van der Waals surface area contributed by atoms with Crippen molar-refractivity contribution >= 4 is 34.5 Å². The summed E-state index contributed by atoms with van der Waals surface area (Å²) in [4.78, 5) is 14.9. The number of hydrogen-bond acceptors (Lipinski definition) is 4. The molecule has 0 saturated carbocycles. The van der Waals surface area contributed by atoms with Crippen LogP contribution in [0.5, 0.6) is 0 Å². The number of nitrogens with zero attached hydrogens (tertiary/aromatic N) is 1. The van der Waals surface area contributed by atoms with E-state index in [1.54, 1.807) is 11.0 Å². The van der Waals surface area contributed by atoms with Crippen LogP contribution in [0.25, 0.3) is 0 Å². The van der Waals surface area contributed by atoms with Crippen molar-refractivity contribution in [1.29, 1.82) is 0 Å². The van der Waals surface area contributed by atoms with Gasteiger partial charge in [0.25, 0.3) is 5.91 Å². The van der Waals surface area contributed by atoms with E-state index in [1.165, 1.54) is 11.3 Å². The molecule has 0 radical (unpaired) electrons. The predicted octanol–water partition coefficient (Wildman–Crippen LogP) is 3.20. The van der Waals surface area contributed by atoms with Crippen molar-refractivity contribution in [3.8, 4) is 0 Å². The van der Waals surface area contributed by atoms with Crippen LogP contribution in [0.3, 0.4) is 0 Å². The molecule has 1 aromatic heterocycles. The molecule has 1 saturated heterocycles. The number of benzene rings is 1. The maximum absolute atomic E-state index is 12.5. The molecule has 2 N–H and O–H groups in total. The average Bonchev–Trinajstić information content (AvgIpc) is 2.93. The average molecular weight is 323 g/mol. The lowest BCUT2D eigenvalue weighted by atomic mass is 10.1. The van der Waals surface area contributed by atoms with Gasteiger partial charge in [-0.15, -0.1) is 11.3 Å². The van der Waals surface area contributed by atoms with Gasteiger partial charge in [-0.1, -0.05) is 23.7 Å². The normalized spacial score (nSPS) is 18.7. The third-order valence-electron chi connectivity index (χ3n) is 3.49. The molecule has 110 valence electrons. The maximum atomic E-state index is 12.5. The van der Waals surface area contributed by atoms with Gasteiger partial charge in [0.2, 0.25) is 0 Å². The van der Waals surface area contributed by atoms with Crippen molar-refractivity contribution in [3.63, 3.8) is 0 Å². The summed E-state index contributed by atoms with van der Waals surface area (Å²) in [6.45, 7) is 1.63. The van der Waals surface area contributed by atoms with Crippen LogP contribution in [0.4, 0.5) is 5.69 Å². The highest BCUT2D eigenvalue weighted by atomic mass is 35.5. The van der Waals surface area contributed by atoms with Gasteiger partial charge in [0.05, 0.1) is 18.8 Å². The molecular weight excluding hydrogens is 308 g/mol. The number of carbonyl (C=O) groups is 1. The van der Waals surface area contributed by atoms with Gasteiger partial charge in [-0.3, -0.25) is 4.79 Å². The largest absolute Gasteiger partial charge is 0.397 e. The Labute approximate surface area is 132 Å². The second-order valence-corrected chi connectivity index (χ2v) is 6.22. The molecule has 0 aliphatic carbocycles. The van der Waals surface area contributed by atoms with E-state index < -0.39 is 0 Å². The van der Waals surface area contributed by atoms with E-state index >= 15 is 0 Å². The van der Waals surface area contributed by atoms with Gasteiger partial charge in [0, 0.05) is 11.6 Å². The maximum Gasteiger partial charge on any atom is 0.266 e. The van der Waals surface area contributed by atoms with Crippen LogP contribution in [0.2, 0.25) is 5.02 Å². The zero-order valence-corrected chi connectivity index (χ0v) is 12.9. The van der Waals surface area contributed by atoms with E-state index in [0.717, 1.165) is 5.56 Å². The number of hydrogen-bond donors (Lipinski definition) is 1. The van der Waals surface area contributed by atoms with E-state index in [0.29, 0.717) is 35.3 Å². The molecule has 1 amide bonds. The Hall–Kier alpha value is -1.56. The second-order valence-electron chi connectivity index (χ2n) is 4.87. The van der Waals surface area contributed by atoms with Gasteiger partial charge in [-0.05, 0) is 29.1 Å². The summed E-state index contributed by atoms with van der Waals surface area (Å²) < 4.78 is 5.77. The zero-order chi connectivity index (χ0) is 14.8. The van der Waals surface area contributed by atoms with Crippen LogP contribution in [0.1, 0.15) is 21.3 Å². The molecule has 1 atom stereocenters. The fraction of sp³-hybridized carbons (Fsp3) is 0.267. The number of carbonyl (C=O) groups excluding carboxylic acids is 1. The molecular formula is C15H15ClN2O2S. The number of anilines is 1. The van der Waals surface area contributed by atoms with E-state index in [9.17, 15) is 4.79 Å². The van der Waals surface area contributed by atoms with Crippen LogP contribution < -0.4 is 5.73 Å². The Kier molecular flexibility index (Phi) is 4.14. The smallest absolute Gasteiger partial charge is 0.266 e. The third-order valence-corrected chi connectivity index (χ3v) is 4.66. The standard InChI is InChI=1S/C15H15ClN2O2S/c16-11-3-1-10(2-4-11)13-9-18(6-7-20-13)15(19)14-12(17)5-8-21-14/h1-5,8,13H,6-7,9,17H2. The van der Waals surface area contributed by atoms with Crippen molar-refractivity contribution in [2.24, 2.45) is 0 Å². The van der Waals surface area contributed by atoms with Crippen LogP contribution in [0, 0.1) is 0 Å². The van der Waals surface area contributed by atoms with Crippen molar-refractivity contribution in [2.45, 2.75) is 6.10 Å². The van der Waals surface area contributed by atoms with Crippen molar-refractivity contribution < 1.29 is 9.53 Å². The molecule has 4 nitrogen and oxygen atoms in total.